The van der Waals surface area contributed by atoms with Gasteiger partial charge < -0.3 is 20.7 Å². The van der Waals surface area contributed by atoms with E-state index >= 15 is 0 Å². The number of rotatable bonds is 5. The van der Waals surface area contributed by atoms with Crippen LogP contribution in [0.15, 0.2) is 41.3 Å². The van der Waals surface area contributed by atoms with Crippen molar-refractivity contribution < 1.29 is 4.74 Å². The number of anilines is 3. The van der Waals surface area contributed by atoms with E-state index in [1.165, 1.54) is 6.20 Å². The van der Waals surface area contributed by atoms with Gasteiger partial charge in [-0.1, -0.05) is 32.9 Å². The Labute approximate surface area is 189 Å². The number of nitrogens with zero attached hydrogens (tertiary/aromatic N) is 6. The van der Waals surface area contributed by atoms with E-state index in [1.54, 1.807) is 12.4 Å². The summed E-state index contributed by atoms with van der Waals surface area (Å²) in [6.45, 7) is 10.8. The van der Waals surface area contributed by atoms with E-state index < -0.39 is 0 Å². The van der Waals surface area contributed by atoms with Crippen LogP contribution in [0, 0.1) is 5.92 Å². The second kappa shape index (κ2) is 11.3. The molecule has 9 heteroatoms. The van der Waals surface area contributed by atoms with Crippen LogP contribution in [0.2, 0.25) is 0 Å². The number of nitrogens with one attached hydrogen (secondary N) is 1. The first-order valence-electron chi connectivity index (χ1n) is 11.1. The number of ether oxygens (including phenoxy) is 1. The van der Waals surface area contributed by atoms with Crippen LogP contribution in [0.3, 0.4) is 0 Å². The van der Waals surface area contributed by atoms with E-state index in [0.29, 0.717) is 53.8 Å². The van der Waals surface area contributed by atoms with E-state index in [9.17, 15) is 0 Å². The lowest BCUT2D eigenvalue weighted by Gasteiger charge is -2.28. The Kier molecular flexibility index (Phi) is 8.27. The first kappa shape index (κ1) is 23.3. The first-order chi connectivity index (χ1) is 15.6. The topological polar surface area (TPSA) is 114 Å². The molecule has 0 saturated carbocycles. The Balaban J connectivity index is 0.00000141. The standard InChI is InChI=1S/C21H26N8O.C2H6/c1-3-23-19-18(16-12-25-17(22)13-24-16)27-21(29-7-9-30-10-8-29)28-20(19)26-15-6-4-5-14(2)11-15;1-2/h3-4,6,11-14H,5,7-10H2,1-2H3,(H2,22,25)(H,26,27,28);1-2H3. The minimum Gasteiger partial charge on any atom is -0.382 e. The number of morpholine rings is 1. The summed E-state index contributed by atoms with van der Waals surface area (Å²) in [7, 11) is 0. The monoisotopic (exact) mass is 436 g/mol. The van der Waals surface area contributed by atoms with Gasteiger partial charge in [0.05, 0.1) is 25.6 Å². The van der Waals surface area contributed by atoms with E-state index in [0.717, 1.165) is 25.2 Å². The second-order valence-corrected chi connectivity index (χ2v) is 7.25. The fraction of sp³-hybridized carbons (Fsp3) is 0.435. The minimum atomic E-state index is 0.353. The Morgan fingerprint density at radius 2 is 1.97 bits per heavy atom. The number of nitrogen functional groups attached to an aromatic ring is 1. The summed E-state index contributed by atoms with van der Waals surface area (Å²) in [5, 5.41) is 3.44. The van der Waals surface area contributed by atoms with Crippen molar-refractivity contribution in [2.45, 2.75) is 34.1 Å². The minimum absolute atomic E-state index is 0.353. The highest BCUT2D eigenvalue weighted by atomic mass is 16.5. The molecule has 1 unspecified atom stereocenters. The van der Waals surface area contributed by atoms with Crippen molar-refractivity contribution in [3.8, 4) is 11.4 Å². The molecule has 0 bridgehead atoms. The summed E-state index contributed by atoms with van der Waals surface area (Å²) in [6, 6.07) is 0. The number of nitrogens with two attached hydrogens (primary N) is 1. The average Bonchev–Trinajstić information content (AvgIpc) is 2.83. The van der Waals surface area contributed by atoms with Gasteiger partial charge in [-0.05, 0) is 25.3 Å². The van der Waals surface area contributed by atoms with Crippen LogP contribution in [0.5, 0.6) is 0 Å². The number of allylic oxidation sites excluding steroid dienone is 3. The van der Waals surface area contributed by atoms with Crippen LogP contribution >= 0.6 is 0 Å². The zero-order valence-electron chi connectivity index (χ0n) is 19.2. The van der Waals surface area contributed by atoms with Gasteiger partial charge in [-0.15, -0.1) is 0 Å². The molecule has 3 heterocycles. The second-order valence-electron chi connectivity index (χ2n) is 7.25. The molecular formula is C23H32N8O. The molecule has 4 rings (SSSR count). The van der Waals surface area contributed by atoms with Crippen LogP contribution in [0.1, 0.15) is 34.1 Å². The maximum absolute atomic E-state index is 5.73. The third kappa shape index (κ3) is 5.67. The molecule has 0 aromatic carbocycles. The smallest absolute Gasteiger partial charge is 0.228 e. The summed E-state index contributed by atoms with van der Waals surface area (Å²) < 4.78 is 5.48. The normalized spacial score (nSPS) is 18.2. The van der Waals surface area contributed by atoms with Crippen LogP contribution < -0.4 is 16.0 Å². The summed E-state index contributed by atoms with van der Waals surface area (Å²) in [5.74, 6) is 2.05. The van der Waals surface area contributed by atoms with Crippen molar-refractivity contribution in [1.82, 2.24) is 19.9 Å². The fourth-order valence-corrected chi connectivity index (χ4v) is 3.39. The molecular weight excluding hydrogens is 404 g/mol. The molecule has 9 nitrogen and oxygen atoms in total. The maximum atomic E-state index is 5.73. The van der Waals surface area contributed by atoms with Gasteiger partial charge in [-0.2, -0.15) is 4.98 Å². The summed E-state index contributed by atoms with van der Waals surface area (Å²) >= 11 is 0. The fourth-order valence-electron chi connectivity index (χ4n) is 3.39. The lowest BCUT2D eigenvalue weighted by atomic mass is 10.0. The van der Waals surface area contributed by atoms with Crippen LogP contribution in [-0.2, 0) is 4.74 Å². The maximum Gasteiger partial charge on any atom is 0.228 e. The Hall–Kier alpha value is -3.33. The van der Waals surface area contributed by atoms with Crippen molar-refractivity contribution in [2.75, 3.05) is 42.3 Å². The molecule has 1 aliphatic heterocycles. The van der Waals surface area contributed by atoms with Crippen molar-refractivity contribution in [3.63, 3.8) is 0 Å². The summed E-state index contributed by atoms with van der Waals surface area (Å²) in [4.78, 5) is 24.9. The number of aromatic nitrogens is 4. The lowest BCUT2D eigenvalue weighted by Crippen LogP contribution is -2.37. The van der Waals surface area contributed by atoms with Crippen molar-refractivity contribution in [2.24, 2.45) is 10.9 Å². The zero-order chi connectivity index (χ0) is 22.9. The van der Waals surface area contributed by atoms with Gasteiger partial charge in [0, 0.05) is 25.0 Å². The number of aliphatic imine (C=N–C) groups is 1. The molecule has 1 aliphatic carbocycles. The third-order valence-corrected chi connectivity index (χ3v) is 4.87. The highest BCUT2D eigenvalue weighted by molar-refractivity contribution is 5.83. The molecule has 2 aromatic heterocycles. The Morgan fingerprint density at radius 3 is 2.62 bits per heavy atom. The molecule has 1 saturated heterocycles. The Morgan fingerprint density at radius 1 is 1.19 bits per heavy atom. The van der Waals surface area contributed by atoms with E-state index in [4.69, 9.17) is 20.4 Å². The zero-order valence-corrected chi connectivity index (χ0v) is 19.2. The van der Waals surface area contributed by atoms with Gasteiger partial charge in [0.2, 0.25) is 5.95 Å². The quantitative estimate of drug-likeness (QED) is 0.676. The van der Waals surface area contributed by atoms with E-state index in [2.05, 4.69) is 50.3 Å². The molecule has 0 amide bonds. The van der Waals surface area contributed by atoms with Gasteiger partial charge >= 0.3 is 0 Å². The van der Waals surface area contributed by atoms with Crippen LogP contribution in [0.25, 0.3) is 11.4 Å². The SMILES string of the molecule is CC.CC=Nc1c(NC2=CC(C)CC=C2)nc(N2CCOCC2)nc1-c1cnc(N)cn1. The van der Waals surface area contributed by atoms with Gasteiger partial charge in [0.1, 0.15) is 22.9 Å². The first-order valence-corrected chi connectivity index (χ1v) is 11.1. The van der Waals surface area contributed by atoms with E-state index in [1.807, 2.05) is 20.8 Å². The molecule has 2 aromatic rings. The molecule has 0 radical (unpaired) electrons. The van der Waals surface area contributed by atoms with Crippen molar-refractivity contribution >= 4 is 29.5 Å². The number of hydrogen-bond donors (Lipinski definition) is 2. The predicted molar refractivity (Wildman–Crippen MR) is 130 cm³/mol. The van der Waals surface area contributed by atoms with Crippen molar-refractivity contribution in [3.05, 3.63) is 36.3 Å². The lowest BCUT2D eigenvalue weighted by molar-refractivity contribution is 0.122. The predicted octanol–water partition coefficient (Wildman–Crippen LogP) is 3.99. The summed E-state index contributed by atoms with van der Waals surface area (Å²) in [6.07, 6.45) is 12.3. The van der Waals surface area contributed by atoms with E-state index in [-0.39, 0.29) is 0 Å². The molecule has 1 atom stereocenters. The molecule has 1 fully saturated rings. The average molecular weight is 437 g/mol. The largest absolute Gasteiger partial charge is 0.382 e. The molecule has 2 aliphatic rings. The highest BCUT2D eigenvalue weighted by Crippen LogP contribution is 2.36. The molecule has 170 valence electrons. The third-order valence-electron chi connectivity index (χ3n) is 4.87. The van der Waals surface area contributed by atoms with Crippen LogP contribution in [-0.4, -0.2) is 52.5 Å². The molecule has 3 N–H and O–H groups in total. The van der Waals surface area contributed by atoms with Crippen LogP contribution in [0.4, 0.5) is 23.3 Å². The van der Waals surface area contributed by atoms with Gasteiger partial charge in [0.15, 0.2) is 5.82 Å². The summed E-state index contributed by atoms with van der Waals surface area (Å²) in [5.41, 5.74) is 8.52. The highest BCUT2D eigenvalue weighted by Gasteiger charge is 2.22. The molecule has 32 heavy (non-hydrogen) atoms. The van der Waals surface area contributed by atoms with Gasteiger partial charge in [-0.3, -0.25) is 4.99 Å². The van der Waals surface area contributed by atoms with Gasteiger partial charge in [0.25, 0.3) is 0 Å². The molecule has 0 spiro atoms. The number of hydrogen-bond acceptors (Lipinski definition) is 9. The van der Waals surface area contributed by atoms with Gasteiger partial charge in [-0.25, -0.2) is 15.0 Å². The van der Waals surface area contributed by atoms with Crippen molar-refractivity contribution in [1.29, 1.82) is 0 Å². The Bertz CT molecular complexity index is 978.